The fourth-order valence-electron chi connectivity index (χ4n) is 12.5. The van der Waals surface area contributed by atoms with Crippen molar-refractivity contribution in [2.24, 2.45) is 23.7 Å². The van der Waals surface area contributed by atoms with Crippen molar-refractivity contribution in [3.8, 4) is 0 Å². The molecule has 10 rings (SSSR count). The van der Waals surface area contributed by atoms with Crippen LogP contribution in [0.15, 0.2) is 167 Å². The van der Waals surface area contributed by atoms with Crippen molar-refractivity contribution in [3.63, 3.8) is 0 Å². The van der Waals surface area contributed by atoms with Crippen molar-refractivity contribution in [1.29, 1.82) is 0 Å². The minimum absolute atomic E-state index is 0.00648. The van der Waals surface area contributed by atoms with E-state index >= 15 is 0 Å². The van der Waals surface area contributed by atoms with Crippen LogP contribution < -0.4 is 0 Å². The van der Waals surface area contributed by atoms with Crippen molar-refractivity contribution < 1.29 is 16.8 Å². The van der Waals surface area contributed by atoms with Crippen LogP contribution in [0.3, 0.4) is 0 Å². The van der Waals surface area contributed by atoms with Gasteiger partial charge in [0.25, 0.3) is 0 Å². The number of aryl methyl sites for hydroxylation is 1. The van der Waals surface area contributed by atoms with Crippen LogP contribution in [0.5, 0.6) is 0 Å². The summed E-state index contributed by atoms with van der Waals surface area (Å²) in [4.78, 5) is 5.60. The highest BCUT2D eigenvalue weighted by Gasteiger charge is 2.45. The first kappa shape index (κ1) is 48.2. The van der Waals surface area contributed by atoms with Crippen LogP contribution in [0, 0.1) is 30.6 Å². The molecule has 4 aliphatic heterocycles. The van der Waals surface area contributed by atoms with Gasteiger partial charge in [-0.3, -0.25) is 4.90 Å². The predicted octanol–water partition coefficient (Wildman–Crippen LogP) is 11.3. The summed E-state index contributed by atoms with van der Waals surface area (Å²) in [6, 6.07) is 44.7. The van der Waals surface area contributed by atoms with Gasteiger partial charge in [-0.1, -0.05) is 152 Å². The molecule has 0 bridgehead atoms. The Labute approximate surface area is 416 Å². The zero-order chi connectivity index (χ0) is 47.7. The first-order chi connectivity index (χ1) is 33.4. The lowest BCUT2D eigenvalue weighted by Gasteiger charge is -2.42. The molecule has 5 aromatic rings. The van der Waals surface area contributed by atoms with E-state index < -0.39 is 20.0 Å². The number of hydrogen-bond donors (Lipinski definition) is 0. The van der Waals surface area contributed by atoms with E-state index in [4.69, 9.17) is 11.6 Å². The average Bonchev–Trinajstić information content (AvgIpc) is 4.01. The van der Waals surface area contributed by atoms with E-state index in [1.54, 1.807) is 26.8 Å². The molecule has 4 saturated heterocycles. The Balaban J connectivity index is 0.910. The number of allylic oxidation sites excluding steroid dienone is 3. The number of nitrogens with zero attached hydrogens (tertiary/aromatic N) is 4. The fraction of sp³-hybridized carbons (Fsp3) is 0.414. The van der Waals surface area contributed by atoms with Crippen molar-refractivity contribution >= 4 is 31.6 Å². The Morgan fingerprint density at radius 3 is 1.86 bits per heavy atom. The zero-order valence-electron chi connectivity index (χ0n) is 40.1. The molecule has 362 valence electrons. The molecule has 11 heteroatoms. The van der Waals surface area contributed by atoms with Gasteiger partial charge >= 0.3 is 0 Å². The van der Waals surface area contributed by atoms with E-state index in [1.165, 1.54) is 16.7 Å². The van der Waals surface area contributed by atoms with E-state index in [1.807, 2.05) is 49.4 Å². The Kier molecular flexibility index (Phi) is 14.5. The van der Waals surface area contributed by atoms with Crippen LogP contribution in [0.2, 0.25) is 5.02 Å². The molecule has 1 aliphatic carbocycles. The molecule has 5 aliphatic rings. The van der Waals surface area contributed by atoms with Crippen molar-refractivity contribution in [3.05, 3.63) is 190 Å². The second-order valence-corrected chi connectivity index (χ2v) is 24.9. The molecule has 4 fully saturated rings. The first-order valence-electron chi connectivity index (χ1n) is 25.3. The minimum Gasteiger partial charge on any atom is -0.303 e. The number of benzene rings is 5. The summed E-state index contributed by atoms with van der Waals surface area (Å²) in [5.41, 5.74) is 7.11. The second kappa shape index (κ2) is 20.8. The third-order valence-corrected chi connectivity index (χ3v) is 20.5. The molecular formula is C58H67ClN4O4S2. The van der Waals surface area contributed by atoms with Gasteiger partial charge in [-0.2, -0.15) is 8.61 Å². The van der Waals surface area contributed by atoms with Crippen molar-refractivity contribution in [2.75, 3.05) is 58.9 Å². The minimum atomic E-state index is -3.93. The maximum absolute atomic E-state index is 15.0. The van der Waals surface area contributed by atoms with Crippen LogP contribution in [-0.4, -0.2) is 94.1 Å². The standard InChI is InChI=1S/C58H67ClN4O4S2/c1-42-15-14-23-52(33-42)68(64,65)62-39-51(54(40-62)47-21-10-5-11-22-47)37-61-32-29-48(45-19-8-4-9-20-45)35-57(61)49-25-26-58(56(59)34-49)69(66,67)63-38-50(55(41-63)53-24-13-12-16-43(53)2)36-60-30-27-46(28-31-60)44-17-6-3-7-18-44/h3-15,17-26,33-34,43,46,48,50-51,54-55,57H,16,27-32,35-41H2,1-2H3/t43?,48?,50-,51-,54+,55-,57?/m1/s1. The van der Waals surface area contributed by atoms with Gasteiger partial charge in [0.1, 0.15) is 4.90 Å². The van der Waals surface area contributed by atoms with E-state index in [9.17, 15) is 16.8 Å². The Bertz CT molecular complexity index is 2850. The molecule has 0 amide bonds. The second-order valence-electron chi connectivity index (χ2n) is 20.7. The van der Waals surface area contributed by atoms with E-state index in [2.05, 4.69) is 108 Å². The maximum atomic E-state index is 15.0. The molecule has 5 aromatic carbocycles. The number of halogens is 1. The molecule has 0 N–H and O–H groups in total. The number of piperidine rings is 2. The molecule has 0 spiro atoms. The normalized spacial score (nSPS) is 26.9. The average molecular weight is 984 g/mol. The molecule has 4 heterocycles. The number of likely N-dealkylation sites (tertiary alicyclic amines) is 2. The van der Waals surface area contributed by atoms with Gasteiger partial charge in [0, 0.05) is 51.2 Å². The Hall–Kier alpha value is -4.39. The van der Waals surface area contributed by atoms with Gasteiger partial charge in [-0.15, -0.1) is 0 Å². The van der Waals surface area contributed by atoms with Crippen LogP contribution in [0.4, 0.5) is 0 Å². The van der Waals surface area contributed by atoms with E-state index in [-0.39, 0.29) is 39.6 Å². The lowest BCUT2D eigenvalue weighted by atomic mass is 9.78. The zero-order valence-corrected chi connectivity index (χ0v) is 42.5. The molecule has 8 nitrogen and oxygen atoms in total. The smallest absolute Gasteiger partial charge is 0.244 e. The lowest BCUT2D eigenvalue weighted by molar-refractivity contribution is 0.112. The highest BCUT2D eigenvalue weighted by Crippen LogP contribution is 2.45. The van der Waals surface area contributed by atoms with Gasteiger partial charge in [-0.25, -0.2) is 16.8 Å². The predicted molar refractivity (Wildman–Crippen MR) is 278 cm³/mol. The van der Waals surface area contributed by atoms with Gasteiger partial charge in [-0.05, 0) is 146 Å². The van der Waals surface area contributed by atoms with E-state index in [0.717, 1.165) is 75.0 Å². The molecular weight excluding hydrogens is 916 g/mol. The molecule has 0 radical (unpaired) electrons. The molecule has 0 aromatic heterocycles. The highest BCUT2D eigenvalue weighted by atomic mass is 35.5. The third kappa shape index (κ3) is 10.4. The number of sulfonamides is 2. The molecule has 3 unspecified atom stereocenters. The largest absolute Gasteiger partial charge is 0.303 e. The maximum Gasteiger partial charge on any atom is 0.244 e. The highest BCUT2D eigenvalue weighted by molar-refractivity contribution is 7.89. The number of hydrogen-bond acceptors (Lipinski definition) is 6. The van der Waals surface area contributed by atoms with Crippen LogP contribution in [0.1, 0.15) is 90.6 Å². The molecule has 7 atom stereocenters. The summed E-state index contributed by atoms with van der Waals surface area (Å²) in [5.74, 6) is 1.57. The number of rotatable bonds is 13. The van der Waals surface area contributed by atoms with Gasteiger partial charge in [0.05, 0.1) is 9.92 Å². The summed E-state index contributed by atoms with van der Waals surface area (Å²) in [7, 11) is -7.66. The van der Waals surface area contributed by atoms with Crippen LogP contribution in [-0.2, 0) is 20.0 Å². The summed E-state index contributed by atoms with van der Waals surface area (Å²) in [6.07, 6.45) is 11.6. The SMILES string of the molecule is Cc1cccc(S(=O)(=O)N2C[C@@H](CN3CCC(c4ccccc4)CC3c3ccc(S(=O)(=O)N4C[C@@H](CN5CCC(c6ccccc6)CC5)[C@H](C5=CC=CCC5C)C4)c(Cl)c3)[C@H](c3ccccc3)C2)c1. The van der Waals surface area contributed by atoms with Gasteiger partial charge in [0.2, 0.25) is 20.0 Å². The Morgan fingerprint density at radius 2 is 1.20 bits per heavy atom. The first-order valence-corrected chi connectivity index (χ1v) is 28.5. The van der Waals surface area contributed by atoms with Crippen molar-refractivity contribution in [2.45, 2.75) is 79.5 Å². The van der Waals surface area contributed by atoms with Crippen LogP contribution >= 0.6 is 11.6 Å². The quantitative estimate of drug-likeness (QED) is 0.117. The fourth-order valence-corrected chi connectivity index (χ4v) is 16.2. The van der Waals surface area contributed by atoms with Gasteiger partial charge in [0.15, 0.2) is 0 Å². The lowest BCUT2D eigenvalue weighted by Crippen LogP contribution is -2.41. The topological polar surface area (TPSA) is 81.2 Å². The summed E-state index contributed by atoms with van der Waals surface area (Å²) >= 11 is 7.26. The summed E-state index contributed by atoms with van der Waals surface area (Å²) in [6.45, 7) is 10.3. The third-order valence-electron chi connectivity index (χ3n) is 16.3. The van der Waals surface area contributed by atoms with Crippen LogP contribution in [0.25, 0.3) is 0 Å². The summed E-state index contributed by atoms with van der Waals surface area (Å²) in [5, 5.41) is 0.254. The monoisotopic (exact) mass is 982 g/mol. The molecule has 0 saturated carbocycles. The van der Waals surface area contributed by atoms with E-state index in [0.29, 0.717) is 55.4 Å². The summed E-state index contributed by atoms with van der Waals surface area (Å²) < 4.78 is 61.8. The van der Waals surface area contributed by atoms with Crippen molar-refractivity contribution in [1.82, 2.24) is 18.4 Å². The molecule has 69 heavy (non-hydrogen) atoms. The van der Waals surface area contributed by atoms with Gasteiger partial charge < -0.3 is 4.90 Å². The Morgan fingerprint density at radius 1 is 0.594 bits per heavy atom.